The van der Waals surface area contributed by atoms with E-state index in [0.717, 1.165) is 106 Å². The third kappa shape index (κ3) is 5.51. The average molecular weight is 780 g/mol. The van der Waals surface area contributed by atoms with Crippen molar-refractivity contribution in [2.45, 2.75) is 63.5 Å². The Morgan fingerprint density at radius 2 is 1.34 bits per heavy atom. The summed E-state index contributed by atoms with van der Waals surface area (Å²) in [6.07, 6.45) is 10.2. The van der Waals surface area contributed by atoms with Crippen LogP contribution in [0, 0.1) is 0 Å². The molecule has 12 nitrogen and oxygen atoms in total. The van der Waals surface area contributed by atoms with Crippen molar-refractivity contribution in [2.75, 3.05) is 81.0 Å². The van der Waals surface area contributed by atoms with E-state index in [1.165, 1.54) is 33.6 Å². The topological polar surface area (TPSA) is 107 Å². The molecule has 0 N–H and O–H groups in total. The fourth-order valence-electron chi connectivity index (χ4n) is 10.7. The molecule has 11 rings (SSSR count). The number of ether oxygens (including phenoxy) is 4. The highest BCUT2D eigenvalue weighted by molar-refractivity contribution is 6.14. The van der Waals surface area contributed by atoms with Gasteiger partial charge in [-0.3, -0.25) is 9.69 Å². The highest BCUT2D eigenvalue weighted by atomic mass is 16.5. The van der Waals surface area contributed by atoms with Gasteiger partial charge in [-0.2, -0.15) is 0 Å². The van der Waals surface area contributed by atoms with Crippen molar-refractivity contribution in [3.8, 4) is 22.9 Å². The molecule has 5 aromatic rings. The number of hydrogen-bond acceptors (Lipinski definition) is 10. The molecule has 1 spiro atoms. The van der Waals surface area contributed by atoms with E-state index >= 15 is 4.79 Å². The number of pyridine rings is 1. The van der Waals surface area contributed by atoms with Crippen molar-refractivity contribution in [2.24, 2.45) is 0 Å². The zero-order valence-corrected chi connectivity index (χ0v) is 33.2. The third-order valence-corrected chi connectivity index (χ3v) is 13.0. The van der Waals surface area contributed by atoms with Crippen molar-refractivity contribution in [3.05, 3.63) is 105 Å². The van der Waals surface area contributed by atoms with Gasteiger partial charge in [0.2, 0.25) is 0 Å². The second-order valence-corrected chi connectivity index (χ2v) is 16.3. The first-order valence-electron chi connectivity index (χ1n) is 21.2. The molecule has 1 amide bonds. The maximum Gasteiger partial charge on any atom is 0.261 e. The lowest BCUT2D eigenvalue weighted by molar-refractivity contribution is 0.0224. The molecule has 3 aromatic carbocycles. The summed E-state index contributed by atoms with van der Waals surface area (Å²) in [6.45, 7) is 7.40. The van der Waals surface area contributed by atoms with Gasteiger partial charge in [-0.15, -0.1) is 5.10 Å². The van der Waals surface area contributed by atoms with E-state index in [2.05, 4.69) is 44.4 Å². The third-order valence-electron chi connectivity index (χ3n) is 13.0. The minimum absolute atomic E-state index is 0.0629. The molecule has 12 heteroatoms. The normalized spacial score (nSPS) is 18.1. The number of carbonyl (C=O) groups excluding carboxylic acids is 1. The van der Waals surface area contributed by atoms with Gasteiger partial charge in [0.1, 0.15) is 28.5 Å². The SMILES string of the molecule is COCCOCCOCCn1cc(-c2cccc(N3C(=O)c4ccccc4C34c3cc5c6c(c3Oc3c4cc4c7c3CCCN7CCC4)CCCN6CCC5)n2)nn1. The molecule has 0 unspecified atom stereocenters. The minimum Gasteiger partial charge on any atom is -0.456 e. The zero-order chi connectivity index (χ0) is 38.8. The molecule has 0 saturated heterocycles. The van der Waals surface area contributed by atoms with Gasteiger partial charge in [0, 0.05) is 78.0 Å². The van der Waals surface area contributed by atoms with Crippen LogP contribution in [0.3, 0.4) is 0 Å². The molecule has 8 heterocycles. The van der Waals surface area contributed by atoms with Gasteiger partial charge in [-0.25, -0.2) is 9.67 Å². The largest absolute Gasteiger partial charge is 0.456 e. The van der Waals surface area contributed by atoms with Gasteiger partial charge in [0.05, 0.1) is 51.5 Å². The van der Waals surface area contributed by atoms with Crippen LogP contribution in [0.1, 0.15) is 75.0 Å². The zero-order valence-electron chi connectivity index (χ0n) is 33.2. The van der Waals surface area contributed by atoms with Gasteiger partial charge in [0.25, 0.3) is 5.91 Å². The van der Waals surface area contributed by atoms with Crippen LogP contribution in [-0.4, -0.2) is 92.2 Å². The van der Waals surface area contributed by atoms with Crippen LogP contribution in [0.2, 0.25) is 0 Å². The van der Waals surface area contributed by atoms with E-state index in [1.54, 1.807) is 11.8 Å². The monoisotopic (exact) mass is 779 g/mol. The van der Waals surface area contributed by atoms with Crippen LogP contribution in [0.4, 0.5) is 17.2 Å². The Bertz CT molecular complexity index is 2340. The van der Waals surface area contributed by atoms with Crippen molar-refractivity contribution < 1.29 is 23.7 Å². The Hall–Kier alpha value is -5.30. The number of methoxy groups -OCH3 is 1. The Morgan fingerprint density at radius 3 is 2.03 bits per heavy atom. The van der Waals surface area contributed by atoms with Crippen LogP contribution in [0.5, 0.6) is 11.5 Å². The van der Waals surface area contributed by atoms with Crippen LogP contribution in [-0.2, 0) is 52.0 Å². The first-order chi connectivity index (χ1) is 28.6. The number of carbonyl (C=O) groups is 1. The molecule has 2 aromatic heterocycles. The predicted molar refractivity (Wildman–Crippen MR) is 221 cm³/mol. The van der Waals surface area contributed by atoms with E-state index in [9.17, 15) is 0 Å². The predicted octanol–water partition coefficient (Wildman–Crippen LogP) is 6.48. The minimum atomic E-state index is -0.999. The summed E-state index contributed by atoms with van der Waals surface area (Å²) < 4.78 is 25.5. The fourth-order valence-corrected chi connectivity index (χ4v) is 10.7. The lowest BCUT2D eigenvalue weighted by Crippen LogP contribution is -2.49. The van der Waals surface area contributed by atoms with Gasteiger partial charge in [-0.05, 0) is 92.8 Å². The molecule has 298 valence electrons. The lowest BCUT2D eigenvalue weighted by Gasteiger charge is -2.48. The van der Waals surface area contributed by atoms with E-state index in [4.69, 9.17) is 23.9 Å². The molecule has 0 bridgehead atoms. The molecule has 0 saturated carbocycles. The number of fused-ring (bicyclic) bond motifs is 8. The Labute approximate surface area is 338 Å². The molecule has 6 aliphatic heterocycles. The van der Waals surface area contributed by atoms with Crippen LogP contribution < -0.4 is 19.4 Å². The summed E-state index contributed by atoms with van der Waals surface area (Å²) in [6, 6.07) is 18.9. The summed E-state index contributed by atoms with van der Waals surface area (Å²) in [5, 5.41) is 8.94. The first-order valence-corrected chi connectivity index (χ1v) is 21.2. The molecular weight excluding hydrogens is 731 g/mol. The number of anilines is 3. The maximum atomic E-state index is 15.4. The van der Waals surface area contributed by atoms with Crippen molar-refractivity contribution >= 4 is 23.1 Å². The van der Waals surface area contributed by atoms with Crippen LogP contribution >= 0.6 is 0 Å². The Balaban J connectivity index is 1.06. The molecule has 0 fully saturated rings. The molecule has 0 radical (unpaired) electrons. The summed E-state index contributed by atoms with van der Waals surface area (Å²) >= 11 is 0. The summed E-state index contributed by atoms with van der Waals surface area (Å²) in [5.74, 6) is 2.37. The van der Waals surface area contributed by atoms with E-state index in [-0.39, 0.29) is 5.91 Å². The maximum absolute atomic E-state index is 15.4. The second-order valence-electron chi connectivity index (χ2n) is 16.3. The number of nitrogens with zero attached hydrogens (tertiary/aromatic N) is 7. The first kappa shape index (κ1) is 35.8. The number of aryl methyl sites for hydroxylation is 2. The Morgan fingerprint density at radius 1 is 0.707 bits per heavy atom. The number of amides is 1. The number of rotatable bonds is 11. The van der Waals surface area contributed by atoms with Gasteiger partial charge >= 0.3 is 0 Å². The molecule has 6 aliphatic rings. The standard InChI is InChI=1S/C46H49N7O5/c1-55-23-24-57-26-25-56-22-21-52-29-39(48-49-52)38-15-4-16-40(47-38)53-45(54)32-11-2-3-14-35(32)46(53)36-27-30-9-5-17-50-19-7-12-33(41(30)50)43(36)58-44-34-13-8-20-51-18-6-10-31(42(34)51)28-37(44)46/h2-4,11,14-16,27-29H,5-10,12-13,17-26H2,1H3. The lowest BCUT2D eigenvalue weighted by atomic mass is 9.70. The average Bonchev–Trinajstić information content (AvgIpc) is 3.84. The smallest absolute Gasteiger partial charge is 0.261 e. The Kier molecular flexibility index (Phi) is 8.96. The van der Waals surface area contributed by atoms with E-state index < -0.39 is 5.54 Å². The van der Waals surface area contributed by atoms with Crippen molar-refractivity contribution in [1.82, 2.24) is 20.0 Å². The fraction of sp³-hybridized carbons (Fsp3) is 0.435. The number of benzene rings is 3. The highest BCUT2D eigenvalue weighted by Crippen LogP contribution is 2.63. The molecular formula is C46H49N7O5. The molecule has 58 heavy (non-hydrogen) atoms. The summed E-state index contributed by atoms with van der Waals surface area (Å²) in [7, 11) is 1.66. The highest BCUT2D eigenvalue weighted by Gasteiger charge is 2.59. The van der Waals surface area contributed by atoms with Crippen molar-refractivity contribution in [1.29, 1.82) is 0 Å². The van der Waals surface area contributed by atoms with Gasteiger partial charge in [0.15, 0.2) is 0 Å². The number of hydrogen-bond donors (Lipinski definition) is 0. The molecule has 0 aliphatic carbocycles. The van der Waals surface area contributed by atoms with Crippen molar-refractivity contribution in [3.63, 3.8) is 0 Å². The second kappa shape index (κ2) is 14.5. The van der Waals surface area contributed by atoms with Crippen LogP contribution in [0.25, 0.3) is 11.4 Å². The summed E-state index contributed by atoms with van der Waals surface area (Å²) in [4.78, 5) is 27.8. The van der Waals surface area contributed by atoms with E-state index in [0.29, 0.717) is 62.3 Å². The molecule has 0 atom stereocenters. The van der Waals surface area contributed by atoms with Crippen LogP contribution in [0.15, 0.2) is 60.8 Å². The van der Waals surface area contributed by atoms with E-state index in [1.807, 2.05) is 41.4 Å². The number of aromatic nitrogens is 4. The quantitative estimate of drug-likeness (QED) is 0.139. The van der Waals surface area contributed by atoms with Gasteiger partial charge in [-0.1, -0.05) is 29.5 Å². The van der Waals surface area contributed by atoms with Gasteiger partial charge < -0.3 is 28.7 Å². The summed E-state index contributed by atoms with van der Waals surface area (Å²) in [5.41, 5.74) is 12.1.